The minimum atomic E-state index is 0.111. The number of hydrogen-bond acceptors (Lipinski definition) is 3. The average Bonchev–Trinajstić information content (AvgIpc) is 2.71. The number of amides is 1. The van der Waals surface area contributed by atoms with E-state index in [2.05, 4.69) is 12.2 Å². The van der Waals surface area contributed by atoms with E-state index in [1.807, 2.05) is 12.1 Å². The number of carbonyl (C=O) groups excluding carboxylic acids is 1. The number of carbonyl (C=O) groups is 1. The number of nitrogens with one attached hydrogen (secondary N) is 1. The van der Waals surface area contributed by atoms with Crippen LogP contribution < -0.4 is 5.32 Å². The summed E-state index contributed by atoms with van der Waals surface area (Å²) >= 11 is 1.57. The summed E-state index contributed by atoms with van der Waals surface area (Å²) in [7, 11) is 0. The first-order valence-electron chi connectivity index (χ1n) is 5.19. The maximum absolute atomic E-state index is 11.3. The molecule has 1 N–H and O–H groups in total. The van der Waals surface area contributed by atoms with Crippen LogP contribution in [-0.4, -0.2) is 18.2 Å². The van der Waals surface area contributed by atoms with Gasteiger partial charge in [0.2, 0.25) is 5.91 Å². The zero-order valence-corrected chi connectivity index (χ0v) is 9.81. The van der Waals surface area contributed by atoms with Crippen molar-refractivity contribution in [3.05, 3.63) is 24.2 Å². The molecule has 1 heterocycles. The van der Waals surface area contributed by atoms with Gasteiger partial charge in [-0.1, -0.05) is 13.3 Å². The highest BCUT2D eigenvalue weighted by Crippen LogP contribution is 2.11. The van der Waals surface area contributed by atoms with Gasteiger partial charge in [-0.25, -0.2) is 0 Å². The Labute approximate surface area is 94.6 Å². The lowest BCUT2D eigenvalue weighted by molar-refractivity contribution is -0.118. The first-order chi connectivity index (χ1) is 7.33. The average molecular weight is 227 g/mol. The van der Waals surface area contributed by atoms with Crippen molar-refractivity contribution in [3.8, 4) is 0 Å². The molecule has 1 aromatic heterocycles. The van der Waals surface area contributed by atoms with E-state index in [9.17, 15) is 4.79 Å². The molecule has 0 spiro atoms. The van der Waals surface area contributed by atoms with E-state index in [0.29, 0.717) is 5.75 Å². The molecular formula is C11H17NO2S. The SMILES string of the molecule is CCCCNC(=O)CSCc1ccco1. The molecule has 0 radical (unpaired) electrons. The second-order valence-corrected chi connectivity index (χ2v) is 4.26. The Balaban J connectivity index is 2.02. The van der Waals surface area contributed by atoms with Gasteiger partial charge in [0.1, 0.15) is 5.76 Å². The number of hydrogen-bond donors (Lipinski definition) is 1. The van der Waals surface area contributed by atoms with E-state index in [1.54, 1.807) is 18.0 Å². The monoisotopic (exact) mass is 227 g/mol. The van der Waals surface area contributed by atoms with Gasteiger partial charge in [0.25, 0.3) is 0 Å². The molecule has 0 aliphatic heterocycles. The fourth-order valence-electron chi connectivity index (χ4n) is 1.09. The molecule has 0 aliphatic carbocycles. The van der Waals surface area contributed by atoms with Crippen LogP contribution in [0.3, 0.4) is 0 Å². The molecule has 0 unspecified atom stereocenters. The van der Waals surface area contributed by atoms with Crippen LogP contribution in [-0.2, 0) is 10.5 Å². The maximum Gasteiger partial charge on any atom is 0.230 e. The van der Waals surface area contributed by atoms with Crippen molar-refractivity contribution >= 4 is 17.7 Å². The van der Waals surface area contributed by atoms with Crippen LogP contribution in [0.2, 0.25) is 0 Å². The van der Waals surface area contributed by atoms with Crippen LogP contribution >= 0.6 is 11.8 Å². The molecule has 0 saturated carbocycles. The Kier molecular flexibility index (Phi) is 6.00. The van der Waals surface area contributed by atoms with Crippen molar-refractivity contribution in [2.24, 2.45) is 0 Å². The second kappa shape index (κ2) is 7.40. The van der Waals surface area contributed by atoms with Crippen molar-refractivity contribution in [1.82, 2.24) is 5.32 Å². The van der Waals surface area contributed by atoms with E-state index in [0.717, 1.165) is 30.9 Å². The molecule has 15 heavy (non-hydrogen) atoms. The van der Waals surface area contributed by atoms with E-state index in [4.69, 9.17) is 4.42 Å². The Morgan fingerprint density at radius 2 is 2.47 bits per heavy atom. The number of furan rings is 1. The predicted molar refractivity (Wildman–Crippen MR) is 62.8 cm³/mol. The van der Waals surface area contributed by atoms with Gasteiger partial charge in [0.05, 0.1) is 17.8 Å². The van der Waals surface area contributed by atoms with Crippen molar-refractivity contribution in [1.29, 1.82) is 0 Å². The second-order valence-electron chi connectivity index (χ2n) is 3.28. The summed E-state index contributed by atoms with van der Waals surface area (Å²) in [5.74, 6) is 2.29. The van der Waals surface area contributed by atoms with E-state index in [-0.39, 0.29) is 5.91 Å². The summed E-state index contributed by atoms with van der Waals surface area (Å²) in [6.45, 7) is 2.90. The highest BCUT2D eigenvalue weighted by atomic mass is 32.2. The fourth-order valence-corrected chi connectivity index (χ4v) is 1.85. The molecule has 0 fully saturated rings. The molecule has 0 atom stereocenters. The summed E-state index contributed by atoms with van der Waals surface area (Å²) in [5, 5.41) is 2.87. The smallest absolute Gasteiger partial charge is 0.230 e. The summed E-state index contributed by atoms with van der Waals surface area (Å²) in [4.78, 5) is 11.3. The Morgan fingerprint density at radius 3 is 3.13 bits per heavy atom. The third-order valence-corrected chi connectivity index (χ3v) is 2.87. The summed E-state index contributed by atoms with van der Waals surface area (Å²) in [6, 6.07) is 3.78. The van der Waals surface area contributed by atoms with Crippen LogP contribution in [0.4, 0.5) is 0 Å². The van der Waals surface area contributed by atoms with E-state index < -0.39 is 0 Å². The van der Waals surface area contributed by atoms with Gasteiger partial charge in [-0.05, 0) is 18.6 Å². The standard InChI is InChI=1S/C11H17NO2S/c1-2-3-6-12-11(13)9-15-8-10-5-4-7-14-10/h4-5,7H,2-3,6,8-9H2,1H3,(H,12,13). The largest absolute Gasteiger partial charge is 0.468 e. The van der Waals surface area contributed by atoms with Gasteiger partial charge in [-0.15, -0.1) is 11.8 Å². The molecule has 0 bridgehead atoms. The van der Waals surface area contributed by atoms with Crippen LogP contribution in [0, 0.1) is 0 Å². The number of rotatable bonds is 7. The first kappa shape index (κ1) is 12.2. The highest BCUT2D eigenvalue weighted by molar-refractivity contribution is 7.99. The Hall–Kier alpha value is -0.900. The zero-order chi connectivity index (χ0) is 10.9. The maximum atomic E-state index is 11.3. The van der Waals surface area contributed by atoms with Crippen LogP contribution in [0.1, 0.15) is 25.5 Å². The van der Waals surface area contributed by atoms with Crippen LogP contribution in [0.25, 0.3) is 0 Å². The summed E-state index contributed by atoms with van der Waals surface area (Å²) in [5.41, 5.74) is 0. The zero-order valence-electron chi connectivity index (χ0n) is 8.99. The van der Waals surface area contributed by atoms with Crippen molar-refractivity contribution in [2.75, 3.05) is 12.3 Å². The van der Waals surface area contributed by atoms with Crippen molar-refractivity contribution in [3.63, 3.8) is 0 Å². The summed E-state index contributed by atoms with van der Waals surface area (Å²) < 4.78 is 5.16. The normalized spacial score (nSPS) is 10.2. The predicted octanol–water partition coefficient (Wildman–Crippen LogP) is 2.43. The molecule has 1 rings (SSSR count). The Bertz CT molecular complexity index is 272. The summed E-state index contributed by atoms with van der Waals surface area (Å²) in [6.07, 6.45) is 3.81. The van der Waals surface area contributed by atoms with Gasteiger partial charge in [-0.3, -0.25) is 4.79 Å². The van der Waals surface area contributed by atoms with Crippen molar-refractivity contribution in [2.45, 2.75) is 25.5 Å². The van der Waals surface area contributed by atoms with Gasteiger partial charge in [0.15, 0.2) is 0 Å². The van der Waals surface area contributed by atoms with Crippen LogP contribution in [0.5, 0.6) is 0 Å². The molecular weight excluding hydrogens is 210 g/mol. The molecule has 0 saturated heterocycles. The van der Waals surface area contributed by atoms with Gasteiger partial charge in [-0.2, -0.15) is 0 Å². The van der Waals surface area contributed by atoms with E-state index in [1.165, 1.54) is 0 Å². The third kappa shape index (κ3) is 5.52. The molecule has 4 heteroatoms. The quantitative estimate of drug-likeness (QED) is 0.727. The van der Waals surface area contributed by atoms with Crippen molar-refractivity contribution < 1.29 is 9.21 Å². The first-order valence-corrected chi connectivity index (χ1v) is 6.35. The molecule has 0 aromatic carbocycles. The van der Waals surface area contributed by atoms with Gasteiger partial charge < -0.3 is 9.73 Å². The lowest BCUT2D eigenvalue weighted by atomic mass is 10.3. The highest BCUT2D eigenvalue weighted by Gasteiger charge is 2.01. The minimum Gasteiger partial charge on any atom is -0.468 e. The number of thioether (sulfide) groups is 1. The van der Waals surface area contributed by atoms with E-state index >= 15 is 0 Å². The molecule has 84 valence electrons. The number of unbranched alkanes of at least 4 members (excludes halogenated alkanes) is 1. The topological polar surface area (TPSA) is 42.2 Å². The lowest BCUT2D eigenvalue weighted by Gasteiger charge is -2.02. The lowest BCUT2D eigenvalue weighted by Crippen LogP contribution is -2.26. The molecule has 0 aliphatic rings. The van der Waals surface area contributed by atoms with Crippen LogP contribution in [0.15, 0.2) is 22.8 Å². The third-order valence-electron chi connectivity index (χ3n) is 1.91. The molecule has 1 amide bonds. The van der Waals surface area contributed by atoms with Gasteiger partial charge >= 0.3 is 0 Å². The Morgan fingerprint density at radius 1 is 1.60 bits per heavy atom. The molecule has 1 aromatic rings. The van der Waals surface area contributed by atoms with Gasteiger partial charge in [0, 0.05) is 6.54 Å². The fraction of sp³-hybridized carbons (Fsp3) is 0.545. The minimum absolute atomic E-state index is 0.111. The molecule has 3 nitrogen and oxygen atoms in total.